The monoisotopic (exact) mass is 240 g/mol. The Kier molecular flexibility index (Phi) is 4.21. The Morgan fingerprint density at radius 1 is 1.56 bits per heavy atom. The van der Waals surface area contributed by atoms with E-state index in [-0.39, 0.29) is 17.2 Å². The maximum atomic E-state index is 11.2. The number of Topliss-reactive ketones (excluding diaryl/α,β-unsaturated/α-hetero) is 1. The van der Waals surface area contributed by atoms with Crippen LogP contribution in [-0.2, 0) is 0 Å². The van der Waals surface area contributed by atoms with E-state index < -0.39 is 0 Å². The standard InChI is InChI=1S/C12H20N2OS/c1-8(15)10-7-16-11(14-10)9(13-5)6-12(2,3)4/h7,9,13H,6H2,1-5H3. The Morgan fingerprint density at radius 3 is 2.56 bits per heavy atom. The number of hydrogen-bond donors (Lipinski definition) is 1. The predicted molar refractivity (Wildman–Crippen MR) is 68.0 cm³/mol. The molecule has 0 bridgehead atoms. The molecule has 0 saturated heterocycles. The van der Waals surface area contributed by atoms with Gasteiger partial charge in [-0.3, -0.25) is 4.79 Å². The fraction of sp³-hybridized carbons (Fsp3) is 0.667. The number of hydrogen-bond acceptors (Lipinski definition) is 4. The molecule has 0 saturated carbocycles. The first kappa shape index (κ1) is 13.3. The van der Waals surface area contributed by atoms with Gasteiger partial charge in [-0.1, -0.05) is 20.8 Å². The van der Waals surface area contributed by atoms with Gasteiger partial charge in [0.25, 0.3) is 0 Å². The Balaban J connectivity index is 2.83. The smallest absolute Gasteiger partial charge is 0.178 e. The van der Waals surface area contributed by atoms with Crippen molar-refractivity contribution in [2.24, 2.45) is 5.41 Å². The quantitative estimate of drug-likeness (QED) is 0.822. The van der Waals surface area contributed by atoms with Crippen molar-refractivity contribution in [1.29, 1.82) is 0 Å². The molecule has 1 atom stereocenters. The summed E-state index contributed by atoms with van der Waals surface area (Å²) in [6, 6.07) is 0.234. The molecule has 0 aromatic carbocycles. The van der Waals surface area contributed by atoms with Gasteiger partial charge in [0.05, 0.1) is 6.04 Å². The second kappa shape index (κ2) is 5.06. The molecule has 1 unspecified atom stereocenters. The van der Waals surface area contributed by atoms with Crippen LogP contribution in [0.4, 0.5) is 0 Å². The van der Waals surface area contributed by atoms with Gasteiger partial charge >= 0.3 is 0 Å². The summed E-state index contributed by atoms with van der Waals surface area (Å²) in [5.74, 6) is 0.0353. The lowest BCUT2D eigenvalue weighted by atomic mass is 9.88. The highest BCUT2D eigenvalue weighted by atomic mass is 32.1. The average Bonchev–Trinajstić information content (AvgIpc) is 2.61. The van der Waals surface area contributed by atoms with E-state index in [2.05, 4.69) is 31.1 Å². The van der Waals surface area contributed by atoms with Gasteiger partial charge in [0.2, 0.25) is 0 Å². The number of rotatable bonds is 4. The Hall–Kier alpha value is -0.740. The summed E-state index contributed by atoms with van der Waals surface area (Å²) < 4.78 is 0. The lowest BCUT2D eigenvalue weighted by molar-refractivity contribution is 0.101. The molecule has 0 spiro atoms. The number of thiazole rings is 1. The van der Waals surface area contributed by atoms with Gasteiger partial charge in [-0.25, -0.2) is 4.98 Å². The first-order valence-corrected chi connectivity index (χ1v) is 6.35. The number of nitrogens with zero attached hydrogens (tertiary/aromatic N) is 1. The summed E-state index contributed by atoms with van der Waals surface area (Å²) in [5, 5.41) is 6.10. The molecule has 0 fully saturated rings. The normalized spacial score (nSPS) is 13.8. The Morgan fingerprint density at radius 2 is 2.19 bits per heavy atom. The lowest BCUT2D eigenvalue weighted by Crippen LogP contribution is -2.22. The third-order valence-electron chi connectivity index (χ3n) is 2.35. The number of aromatic nitrogens is 1. The van der Waals surface area contributed by atoms with Crippen LogP contribution in [0.5, 0.6) is 0 Å². The van der Waals surface area contributed by atoms with Crippen LogP contribution in [0.25, 0.3) is 0 Å². The third-order valence-corrected chi connectivity index (χ3v) is 3.30. The van der Waals surface area contributed by atoms with Crippen molar-refractivity contribution in [3.8, 4) is 0 Å². The summed E-state index contributed by atoms with van der Waals surface area (Å²) in [5.41, 5.74) is 0.824. The van der Waals surface area contributed by atoms with Crippen LogP contribution in [0.15, 0.2) is 5.38 Å². The minimum Gasteiger partial charge on any atom is -0.311 e. The van der Waals surface area contributed by atoms with Crippen LogP contribution < -0.4 is 5.32 Å². The minimum atomic E-state index is 0.0353. The Bertz CT molecular complexity index is 365. The molecule has 4 heteroatoms. The maximum absolute atomic E-state index is 11.2. The minimum absolute atomic E-state index is 0.0353. The van der Waals surface area contributed by atoms with Crippen LogP contribution in [0, 0.1) is 5.41 Å². The molecule has 90 valence electrons. The largest absolute Gasteiger partial charge is 0.311 e. The van der Waals surface area contributed by atoms with E-state index >= 15 is 0 Å². The first-order valence-electron chi connectivity index (χ1n) is 5.47. The summed E-state index contributed by atoms with van der Waals surface area (Å²) in [6.45, 7) is 8.17. The van der Waals surface area contributed by atoms with Crippen LogP contribution >= 0.6 is 11.3 Å². The molecule has 3 nitrogen and oxygen atoms in total. The molecular formula is C12H20N2OS. The molecule has 1 rings (SSSR count). The molecule has 0 radical (unpaired) electrons. The number of carbonyl (C=O) groups excluding carboxylic acids is 1. The highest BCUT2D eigenvalue weighted by Gasteiger charge is 2.21. The summed E-state index contributed by atoms with van der Waals surface area (Å²) in [7, 11) is 1.94. The van der Waals surface area contributed by atoms with Gasteiger partial charge in [-0.2, -0.15) is 0 Å². The van der Waals surface area contributed by atoms with Crippen molar-refractivity contribution in [3.05, 3.63) is 16.1 Å². The van der Waals surface area contributed by atoms with Crippen molar-refractivity contribution in [3.63, 3.8) is 0 Å². The number of carbonyl (C=O) groups is 1. The van der Waals surface area contributed by atoms with Crippen molar-refractivity contribution in [1.82, 2.24) is 10.3 Å². The highest BCUT2D eigenvalue weighted by Crippen LogP contribution is 2.30. The van der Waals surface area contributed by atoms with E-state index in [0.29, 0.717) is 5.69 Å². The second-order valence-electron chi connectivity index (χ2n) is 5.23. The van der Waals surface area contributed by atoms with Gasteiger partial charge in [-0.15, -0.1) is 11.3 Å². The molecule has 0 aliphatic heterocycles. The molecule has 0 aliphatic carbocycles. The van der Waals surface area contributed by atoms with Crippen molar-refractivity contribution >= 4 is 17.1 Å². The fourth-order valence-corrected chi connectivity index (χ4v) is 2.50. The zero-order valence-electron chi connectivity index (χ0n) is 10.6. The summed E-state index contributed by atoms with van der Waals surface area (Å²) >= 11 is 1.56. The average molecular weight is 240 g/mol. The van der Waals surface area contributed by atoms with Gasteiger partial charge in [0.15, 0.2) is 5.78 Å². The SMILES string of the molecule is CNC(CC(C)(C)C)c1nc(C(C)=O)cs1. The van der Waals surface area contributed by atoms with Crippen molar-refractivity contribution in [2.45, 2.75) is 40.2 Å². The van der Waals surface area contributed by atoms with Crippen molar-refractivity contribution in [2.75, 3.05) is 7.05 Å². The van der Waals surface area contributed by atoms with Gasteiger partial charge in [-0.05, 0) is 18.9 Å². The summed E-state index contributed by atoms with van der Waals surface area (Å²) in [6.07, 6.45) is 1.01. The summed E-state index contributed by atoms with van der Waals surface area (Å²) in [4.78, 5) is 15.6. The zero-order valence-corrected chi connectivity index (χ0v) is 11.4. The van der Waals surface area contributed by atoms with E-state index in [1.54, 1.807) is 18.3 Å². The fourth-order valence-electron chi connectivity index (χ4n) is 1.53. The van der Waals surface area contributed by atoms with E-state index in [1.807, 2.05) is 12.4 Å². The number of nitrogens with one attached hydrogen (secondary N) is 1. The van der Waals surface area contributed by atoms with Gasteiger partial charge in [0.1, 0.15) is 10.7 Å². The van der Waals surface area contributed by atoms with Crippen LogP contribution in [-0.4, -0.2) is 17.8 Å². The molecule has 1 aromatic rings. The molecule has 1 aromatic heterocycles. The van der Waals surface area contributed by atoms with Crippen molar-refractivity contribution < 1.29 is 4.79 Å². The first-order chi connectivity index (χ1) is 7.33. The Labute approximate surface area is 101 Å². The molecule has 0 amide bonds. The van der Waals surface area contributed by atoms with Gasteiger partial charge < -0.3 is 5.32 Å². The number of ketones is 1. The topological polar surface area (TPSA) is 42.0 Å². The predicted octanol–water partition coefficient (Wildman–Crippen LogP) is 3.04. The van der Waals surface area contributed by atoms with E-state index in [4.69, 9.17) is 0 Å². The van der Waals surface area contributed by atoms with Crippen LogP contribution in [0.2, 0.25) is 0 Å². The molecular weight excluding hydrogens is 220 g/mol. The van der Waals surface area contributed by atoms with E-state index in [1.165, 1.54) is 0 Å². The zero-order chi connectivity index (χ0) is 12.3. The molecule has 0 aliphatic rings. The van der Waals surface area contributed by atoms with E-state index in [0.717, 1.165) is 11.4 Å². The maximum Gasteiger partial charge on any atom is 0.178 e. The molecule has 16 heavy (non-hydrogen) atoms. The lowest BCUT2D eigenvalue weighted by Gasteiger charge is -2.24. The molecule has 1 N–H and O–H groups in total. The van der Waals surface area contributed by atoms with Gasteiger partial charge in [0, 0.05) is 12.3 Å². The van der Waals surface area contributed by atoms with Crippen LogP contribution in [0.1, 0.15) is 55.7 Å². The highest BCUT2D eigenvalue weighted by molar-refractivity contribution is 7.09. The molecule has 1 heterocycles. The van der Waals surface area contributed by atoms with Crippen LogP contribution in [0.3, 0.4) is 0 Å². The second-order valence-corrected chi connectivity index (χ2v) is 6.12. The third kappa shape index (κ3) is 3.68. The van der Waals surface area contributed by atoms with E-state index in [9.17, 15) is 4.79 Å².